The Kier molecular flexibility index (Phi) is 3.92. The lowest BCUT2D eigenvalue weighted by Gasteiger charge is -2.26. The maximum atomic E-state index is 9.21. The predicted octanol–water partition coefficient (Wildman–Crippen LogP) is 1.65. The molecule has 0 aliphatic rings. The van der Waals surface area contributed by atoms with Gasteiger partial charge in [-0.1, -0.05) is 29.8 Å². The van der Waals surface area contributed by atoms with Gasteiger partial charge in [0.15, 0.2) is 0 Å². The zero-order chi connectivity index (χ0) is 13.2. The van der Waals surface area contributed by atoms with Gasteiger partial charge >= 0.3 is 0 Å². The number of hydrogen-bond acceptors (Lipinski definition) is 3. The molecule has 0 unspecified atom stereocenters. The molecule has 1 aromatic carbocycles. The monoisotopic (exact) mass is 268 g/mol. The lowest BCUT2D eigenvalue weighted by molar-refractivity contribution is 0.103. The number of benzene rings is 1. The Bertz CT molecular complexity index is 535. The molecule has 4 N–H and O–H groups in total. The summed E-state index contributed by atoms with van der Waals surface area (Å²) in [6.07, 6.45) is 0. The van der Waals surface area contributed by atoms with Crippen molar-refractivity contribution in [2.75, 3.05) is 13.2 Å². The van der Waals surface area contributed by atoms with Crippen LogP contribution in [0.5, 0.6) is 0 Å². The second-order valence-corrected chi connectivity index (χ2v) is 5.07. The van der Waals surface area contributed by atoms with Crippen molar-refractivity contribution in [1.29, 1.82) is 0 Å². The largest absolute Gasteiger partial charge is 0.394 e. The molecule has 1 aromatic heterocycles. The van der Waals surface area contributed by atoms with Gasteiger partial charge < -0.3 is 20.5 Å². The van der Waals surface area contributed by atoms with Crippen molar-refractivity contribution in [1.82, 2.24) is 10.3 Å². The lowest BCUT2D eigenvalue weighted by atomic mass is 10.1. The summed E-state index contributed by atoms with van der Waals surface area (Å²) in [6.45, 7) is 1.94. The van der Waals surface area contributed by atoms with Crippen molar-refractivity contribution in [3.8, 4) is 0 Å². The van der Waals surface area contributed by atoms with Gasteiger partial charge in [-0.2, -0.15) is 0 Å². The summed E-state index contributed by atoms with van der Waals surface area (Å²) in [7, 11) is 0. The molecule has 98 valence electrons. The van der Waals surface area contributed by atoms with Gasteiger partial charge in [-0.15, -0.1) is 0 Å². The van der Waals surface area contributed by atoms with E-state index in [9.17, 15) is 10.2 Å². The number of aromatic nitrogens is 1. The van der Waals surface area contributed by atoms with Gasteiger partial charge in [0.1, 0.15) is 0 Å². The van der Waals surface area contributed by atoms with Crippen LogP contribution >= 0.6 is 11.6 Å². The first-order valence-electron chi connectivity index (χ1n) is 5.81. The molecule has 0 aliphatic heterocycles. The molecule has 0 atom stereocenters. The highest BCUT2D eigenvalue weighted by Gasteiger charge is 2.22. The van der Waals surface area contributed by atoms with Gasteiger partial charge in [0.25, 0.3) is 0 Å². The minimum absolute atomic E-state index is 0.138. The van der Waals surface area contributed by atoms with Gasteiger partial charge in [-0.05, 0) is 13.0 Å². The number of aliphatic hydroxyl groups excluding tert-OH is 2. The maximum Gasteiger partial charge on any atom is 0.0705 e. The van der Waals surface area contributed by atoms with E-state index in [2.05, 4.69) is 10.3 Å². The molecular weight excluding hydrogens is 252 g/mol. The third-order valence-electron chi connectivity index (χ3n) is 3.10. The molecule has 0 amide bonds. The molecule has 0 fully saturated rings. The summed E-state index contributed by atoms with van der Waals surface area (Å²) >= 11 is 6.28. The number of fused-ring (bicyclic) bond motifs is 1. The third kappa shape index (κ3) is 2.52. The highest BCUT2D eigenvalue weighted by molar-refractivity contribution is 6.36. The number of nitrogens with one attached hydrogen (secondary N) is 2. The molecule has 5 heteroatoms. The molecule has 0 saturated carbocycles. The van der Waals surface area contributed by atoms with Crippen LogP contribution in [0.2, 0.25) is 5.02 Å². The maximum absolute atomic E-state index is 9.21. The van der Waals surface area contributed by atoms with Crippen molar-refractivity contribution in [3.05, 3.63) is 35.0 Å². The minimum Gasteiger partial charge on any atom is -0.394 e. The number of para-hydroxylation sites is 1. The second-order valence-electron chi connectivity index (χ2n) is 4.69. The van der Waals surface area contributed by atoms with E-state index in [1.807, 2.05) is 24.3 Å². The summed E-state index contributed by atoms with van der Waals surface area (Å²) in [5.74, 6) is 0. The zero-order valence-electron chi connectivity index (χ0n) is 10.2. The van der Waals surface area contributed by atoms with Crippen LogP contribution in [0.3, 0.4) is 0 Å². The predicted molar refractivity (Wildman–Crippen MR) is 72.7 cm³/mol. The van der Waals surface area contributed by atoms with E-state index in [0.29, 0.717) is 11.6 Å². The summed E-state index contributed by atoms with van der Waals surface area (Å²) in [6, 6.07) is 7.79. The van der Waals surface area contributed by atoms with Gasteiger partial charge in [0.2, 0.25) is 0 Å². The molecular formula is C13H17ClN2O2. The fraction of sp³-hybridized carbons (Fsp3) is 0.385. The number of hydrogen-bond donors (Lipinski definition) is 4. The molecule has 2 aromatic rings. The lowest BCUT2D eigenvalue weighted by Crippen LogP contribution is -2.48. The van der Waals surface area contributed by atoms with E-state index in [1.54, 1.807) is 6.92 Å². The van der Waals surface area contributed by atoms with E-state index >= 15 is 0 Å². The highest BCUT2D eigenvalue weighted by atomic mass is 35.5. The summed E-state index contributed by atoms with van der Waals surface area (Å²) in [4.78, 5) is 3.23. The fourth-order valence-electron chi connectivity index (χ4n) is 1.75. The van der Waals surface area contributed by atoms with Crippen LogP contribution in [-0.4, -0.2) is 33.9 Å². The van der Waals surface area contributed by atoms with E-state index in [-0.39, 0.29) is 13.2 Å². The van der Waals surface area contributed by atoms with Crippen LogP contribution in [-0.2, 0) is 6.54 Å². The Balaban J connectivity index is 2.20. The number of rotatable bonds is 5. The first kappa shape index (κ1) is 13.4. The smallest absolute Gasteiger partial charge is 0.0705 e. The van der Waals surface area contributed by atoms with Gasteiger partial charge in [-0.3, -0.25) is 0 Å². The summed E-state index contributed by atoms with van der Waals surface area (Å²) < 4.78 is 0. The first-order valence-corrected chi connectivity index (χ1v) is 6.19. The average molecular weight is 269 g/mol. The van der Waals surface area contributed by atoms with Crippen LogP contribution in [0.1, 0.15) is 12.6 Å². The summed E-state index contributed by atoms with van der Waals surface area (Å²) in [5.41, 5.74) is 1.13. The Labute approximate surface area is 111 Å². The van der Waals surface area contributed by atoms with E-state index < -0.39 is 5.54 Å². The van der Waals surface area contributed by atoms with Crippen molar-refractivity contribution >= 4 is 22.5 Å². The molecule has 4 nitrogen and oxygen atoms in total. The van der Waals surface area contributed by atoms with Crippen LogP contribution in [0.15, 0.2) is 24.3 Å². The van der Waals surface area contributed by atoms with Gasteiger partial charge in [-0.25, -0.2) is 0 Å². The Morgan fingerprint density at radius 3 is 2.56 bits per heavy atom. The number of H-pyrrole nitrogens is 1. The molecule has 0 radical (unpaired) electrons. The Morgan fingerprint density at radius 2 is 1.94 bits per heavy atom. The molecule has 18 heavy (non-hydrogen) atoms. The van der Waals surface area contributed by atoms with Gasteiger partial charge in [0.05, 0.1) is 23.8 Å². The summed E-state index contributed by atoms with van der Waals surface area (Å²) in [5, 5.41) is 23.2. The van der Waals surface area contributed by atoms with Crippen molar-refractivity contribution in [2.45, 2.75) is 19.0 Å². The SMILES string of the molecule is CC(CO)(CO)NCc1[nH]c2ccccc2c1Cl. The Morgan fingerprint density at radius 1 is 1.28 bits per heavy atom. The second kappa shape index (κ2) is 5.28. The average Bonchev–Trinajstić information content (AvgIpc) is 2.73. The molecule has 2 rings (SSSR count). The van der Waals surface area contributed by atoms with Crippen molar-refractivity contribution in [2.24, 2.45) is 0 Å². The molecule has 1 heterocycles. The van der Waals surface area contributed by atoms with E-state index in [1.165, 1.54) is 0 Å². The highest BCUT2D eigenvalue weighted by Crippen LogP contribution is 2.27. The zero-order valence-corrected chi connectivity index (χ0v) is 11.0. The van der Waals surface area contributed by atoms with Crippen LogP contribution in [0.4, 0.5) is 0 Å². The number of aromatic amines is 1. The van der Waals surface area contributed by atoms with Crippen molar-refractivity contribution in [3.63, 3.8) is 0 Å². The fourth-order valence-corrected chi connectivity index (χ4v) is 2.03. The van der Waals surface area contributed by atoms with Crippen LogP contribution in [0, 0.1) is 0 Å². The normalized spacial score (nSPS) is 12.2. The number of aliphatic hydroxyl groups is 2. The molecule has 0 saturated heterocycles. The topological polar surface area (TPSA) is 68.3 Å². The quantitative estimate of drug-likeness (QED) is 0.667. The minimum atomic E-state index is -0.708. The van der Waals surface area contributed by atoms with Crippen LogP contribution < -0.4 is 5.32 Å². The van der Waals surface area contributed by atoms with Gasteiger partial charge in [0, 0.05) is 23.1 Å². The molecule has 0 bridgehead atoms. The third-order valence-corrected chi connectivity index (χ3v) is 3.54. The molecule has 0 spiro atoms. The van der Waals surface area contributed by atoms with Crippen LogP contribution in [0.25, 0.3) is 10.9 Å². The number of halogens is 1. The first-order chi connectivity index (χ1) is 8.59. The van der Waals surface area contributed by atoms with Crippen molar-refractivity contribution < 1.29 is 10.2 Å². The molecule has 0 aliphatic carbocycles. The standard InChI is InChI=1S/C13H17ClN2O2/c1-13(7-17,8-18)15-6-11-12(14)9-4-2-3-5-10(9)16-11/h2-5,15-18H,6-8H2,1H3. The Hall–Kier alpha value is -1.07. The van der Waals surface area contributed by atoms with E-state index in [0.717, 1.165) is 16.6 Å². The van der Waals surface area contributed by atoms with E-state index in [4.69, 9.17) is 11.6 Å².